The lowest BCUT2D eigenvalue weighted by Gasteiger charge is -2.09. The Morgan fingerprint density at radius 2 is 2.00 bits per heavy atom. The van der Waals surface area contributed by atoms with Gasteiger partial charge in [-0.25, -0.2) is 4.79 Å². The Morgan fingerprint density at radius 3 is 2.58 bits per heavy atom. The minimum Gasteiger partial charge on any atom is -0.575 e. The summed E-state index contributed by atoms with van der Waals surface area (Å²) in [4.78, 5) is 23.1. The molecule has 0 aromatic heterocycles. The first-order valence-electron chi connectivity index (χ1n) is 5.74. The Kier molecular flexibility index (Phi) is 5.73. The number of nitrogens with zero attached hydrogens (tertiary/aromatic N) is 1. The molecule has 0 spiro atoms. The SMILES string of the molecule is CC(C)OC(=O)[C@H](C)/N=[P+](\[O-])Oc1ccccc1O. The van der Waals surface area contributed by atoms with Gasteiger partial charge in [-0.1, -0.05) is 16.9 Å². The van der Waals surface area contributed by atoms with Crippen molar-refractivity contribution in [2.45, 2.75) is 32.9 Å². The Hall–Kier alpha value is -1.65. The normalized spacial score (nSPS) is 13.2. The zero-order valence-electron chi connectivity index (χ0n) is 10.9. The number of phenols is 1. The zero-order chi connectivity index (χ0) is 14.4. The number of carbonyl (C=O) groups is 1. The maximum Gasteiger partial charge on any atom is 0.395 e. The standard InChI is InChI=1S/C12H16NO5P/c1-8(2)17-12(15)9(3)13-19(16)18-11-7-5-4-6-10(11)14/h4-9,14H,1-3H3/t9-/m0/s1. The van der Waals surface area contributed by atoms with E-state index in [1.54, 1.807) is 26.0 Å². The van der Waals surface area contributed by atoms with Crippen LogP contribution in [0.1, 0.15) is 20.8 Å². The minimum atomic E-state index is -2.46. The molecule has 19 heavy (non-hydrogen) atoms. The number of carbonyl (C=O) groups excluding carboxylic acids is 1. The van der Waals surface area contributed by atoms with Gasteiger partial charge in [-0.15, -0.1) is 0 Å². The summed E-state index contributed by atoms with van der Waals surface area (Å²) in [6, 6.07) is 5.19. The van der Waals surface area contributed by atoms with Crippen molar-refractivity contribution in [2.75, 3.05) is 0 Å². The molecular weight excluding hydrogens is 269 g/mol. The average Bonchev–Trinajstić information content (AvgIpc) is 2.31. The molecule has 0 aliphatic rings. The molecule has 1 unspecified atom stereocenters. The van der Waals surface area contributed by atoms with Crippen molar-refractivity contribution in [3.05, 3.63) is 24.3 Å². The van der Waals surface area contributed by atoms with Crippen molar-refractivity contribution in [3.8, 4) is 11.5 Å². The van der Waals surface area contributed by atoms with E-state index in [0.717, 1.165) is 0 Å². The summed E-state index contributed by atoms with van der Waals surface area (Å²) in [5, 5.41) is 9.43. The Balaban J connectivity index is 2.67. The average molecular weight is 285 g/mol. The third kappa shape index (κ3) is 5.24. The second kappa shape index (κ2) is 7.07. The van der Waals surface area contributed by atoms with E-state index in [2.05, 4.69) is 4.74 Å². The maximum absolute atomic E-state index is 11.6. The second-order valence-corrected chi connectivity index (χ2v) is 4.96. The molecule has 6 nitrogen and oxygen atoms in total. The number of aromatic hydroxyl groups is 1. The van der Waals surface area contributed by atoms with Crippen LogP contribution in [-0.2, 0) is 9.53 Å². The van der Waals surface area contributed by atoms with E-state index in [1.165, 1.54) is 19.1 Å². The van der Waals surface area contributed by atoms with Gasteiger partial charge in [0.1, 0.15) is 0 Å². The summed E-state index contributed by atoms with van der Waals surface area (Å²) in [5.74, 6) is -0.658. The molecule has 0 amide bonds. The fourth-order valence-corrected chi connectivity index (χ4v) is 1.91. The van der Waals surface area contributed by atoms with Crippen LogP contribution in [-0.4, -0.2) is 23.2 Å². The number of hydrogen-bond acceptors (Lipinski definition) is 6. The number of rotatable bonds is 5. The first-order chi connectivity index (χ1) is 8.90. The van der Waals surface area contributed by atoms with Crippen molar-refractivity contribution in [3.63, 3.8) is 0 Å². The highest BCUT2D eigenvalue weighted by Gasteiger charge is 2.20. The minimum absolute atomic E-state index is 0.0526. The number of hydrogen-bond donors (Lipinski definition) is 1. The van der Waals surface area contributed by atoms with E-state index in [4.69, 9.17) is 9.26 Å². The fourth-order valence-electron chi connectivity index (χ4n) is 1.16. The highest BCUT2D eigenvalue weighted by Crippen LogP contribution is 2.31. The van der Waals surface area contributed by atoms with Crippen molar-refractivity contribution in [1.82, 2.24) is 0 Å². The molecule has 1 aromatic rings. The Morgan fingerprint density at radius 1 is 1.37 bits per heavy atom. The van der Waals surface area contributed by atoms with Gasteiger partial charge < -0.3 is 14.7 Å². The molecule has 0 heterocycles. The highest BCUT2D eigenvalue weighted by atomic mass is 31.1. The molecule has 0 saturated carbocycles. The van der Waals surface area contributed by atoms with E-state index in [9.17, 15) is 14.8 Å². The van der Waals surface area contributed by atoms with E-state index >= 15 is 0 Å². The van der Waals surface area contributed by atoms with Crippen molar-refractivity contribution >= 4 is 14.1 Å². The first-order valence-corrected chi connectivity index (χ1v) is 6.87. The third-order valence-electron chi connectivity index (χ3n) is 2.00. The molecule has 0 radical (unpaired) electrons. The zero-order valence-corrected chi connectivity index (χ0v) is 11.8. The lowest BCUT2D eigenvalue weighted by atomic mass is 10.3. The molecule has 0 bridgehead atoms. The van der Waals surface area contributed by atoms with Crippen molar-refractivity contribution in [1.29, 1.82) is 0 Å². The van der Waals surface area contributed by atoms with Crippen LogP contribution in [0.3, 0.4) is 0 Å². The smallest absolute Gasteiger partial charge is 0.395 e. The number of ether oxygens (including phenoxy) is 1. The largest absolute Gasteiger partial charge is 0.575 e. The van der Waals surface area contributed by atoms with E-state index < -0.39 is 20.2 Å². The molecule has 1 N–H and O–H groups in total. The van der Waals surface area contributed by atoms with Crippen molar-refractivity contribution in [2.24, 2.45) is 4.74 Å². The van der Waals surface area contributed by atoms with Gasteiger partial charge in [0.2, 0.25) is 5.75 Å². The number of benzene rings is 1. The quantitative estimate of drug-likeness (QED) is 0.659. The molecule has 0 saturated heterocycles. The molecule has 0 aliphatic heterocycles. The van der Waals surface area contributed by atoms with Crippen LogP contribution in [0.15, 0.2) is 29.0 Å². The lowest BCUT2D eigenvalue weighted by Crippen LogP contribution is -2.21. The van der Waals surface area contributed by atoms with Gasteiger partial charge in [0.05, 0.1) is 6.10 Å². The monoisotopic (exact) mass is 285 g/mol. The van der Waals surface area contributed by atoms with Crippen LogP contribution in [0.4, 0.5) is 0 Å². The molecule has 0 fully saturated rings. The van der Waals surface area contributed by atoms with Gasteiger partial charge in [0.25, 0.3) is 0 Å². The predicted octanol–water partition coefficient (Wildman–Crippen LogP) is 1.97. The fraction of sp³-hybridized carbons (Fsp3) is 0.417. The Bertz CT molecular complexity index is 475. The summed E-state index contributed by atoms with van der Waals surface area (Å²) < 4.78 is 13.5. The van der Waals surface area contributed by atoms with Crippen LogP contribution in [0.5, 0.6) is 11.5 Å². The third-order valence-corrected chi connectivity index (χ3v) is 2.89. The lowest BCUT2D eigenvalue weighted by molar-refractivity contribution is -0.170. The van der Waals surface area contributed by atoms with Crippen LogP contribution in [0.2, 0.25) is 0 Å². The van der Waals surface area contributed by atoms with Gasteiger partial charge in [-0.05, 0) is 32.9 Å². The Labute approximate surface area is 112 Å². The van der Waals surface area contributed by atoms with Gasteiger partial charge >= 0.3 is 14.1 Å². The summed E-state index contributed by atoms with van der Waals surface area (Å²) in [6.45, 7) is 4.89. The van der Waals surface area contributed by atoms with Crippen LogP contribution in [0, 0.1) is 0 Å². The molecule has 0 aliphatic carbocycles. The molecule has 2 atom stereocenters. The maximum atomic E-state index is 11.6. The van der Waals surface area contributed by atoms with E-state index in [1.807, 2.05) is 0 Å². The van der Waals surface area contributed by atoms with Crippen molar-refractivity contribution < 1.29 is 24.1 Å². The molecule has 104 valence electrons. The van der Waals surface area contributed by atoms with Crippen LogP contribution >= 0.6 is 8.17 Å². The summed E-state index contributed by atoms with van der Waals surface area (Å²) >= 11 is 0. The van der Waals surface area contributed by atoms with Crippen LogP contribution < -0.4 is 9.42 Å². The summed E-state index contributed by atoms with van der Waals surface area (Å²) in [5.41, 5.74) is 0. The van der Waals surface area contributed by atoms with Gasteiger partial charge in [0, 0.05) is 0 Å². The van der Waals surface area contributed by atoms with Gasteiger partial charge in [0.15, 0.2) is 11.8 Å². The molecule has 1 aromatic carbocycles. The number of esters is 1. The molecule has 1 rings (SSSR count). The van der Waals surface area contributed by atoms with Gasteiger partial charge in [-0.2, -0.15) is 0 Å². The molecular formula is C12H16NO5P. The number of para-hydroxylation sites is 2. The summed E-state index contributed by atoms with van der Waals surface area (Å²) in [6.07, 6.45) is -0.262. The summed E-state index contributed by atoms with van der Waals surface area (Å²) in [7, 11) is -2.46. The van der Waals surface area contributed by atoms with Gasteiger partial charge in [-0.3, -0.25) is 4.52 Å². The highest BCUT2D eigenvalue weighted by molar-refractivity contribution is 7.34. The predicted molar refractivity (Wildman–Crippen MR) is 68.8 cm³/mol. The van der Waals surface area contributed by atoms with E-state index in [-0.39, 0.29) is 17.6 Å². The number of phenolic OH excluding ortho intramolecular Hbond substituents is 1. The second-order valence-electron chi connectivity index (χ2n) is 4.07. The molecule has 7 heteroatoms. The van der Waals surface area contributed by atoms with E-state index in [0.29, 0.717) is 0 Å². The first kappa shape index (κ1) is 15.4. The van der Waals surface area contributed by atoms with Crippen LogP contribution in [0.25, 0.3) is 0 Å². The topological polar surface area (TPSA) is 91.2 Å².